The number of guanidine groups is 1. The number of aromatic nitrogens is 1. The number of aliphatic imine (C=N–C) groups is 1. The van der Waals surface area contributed by atoms with Crippen LogP contribution in [0.3, 0.4) is 0 Å². The highest BCUT2D eigenvalue weighted by atomic mass is 127. The Bertz CT molecular complexity index is 747. The number of nitrogens with zero attached hydrogens (tertiary/aromatic N) is 2. The summed E-state index contributed by atoms with van der Waals surface area (Å²) in [7, 11) is 0. The van der Waals surface area contributed by atoms with E-state index in [0.29, 0.717) is 25.6 Å². The maximum atomic E-state index is 6.00. The van der Waals surface area contributed by atoms with Gasteiger partial charge < -0.3 is 19.8 Å². The number of halogens is 1. The van der Waals surface area contributed by atoms with Crippen LogP contribution in [-0.2, 0) is 12.0 Å². The Hall–Kier alpha value is -1.77. The Kier molecular flexibility index (Phi) is 9.78. The maximum absolute atomic E-state index is 6.00. The highest BCUT2D eigenvalue weighted by molar-refractivity contribution is 14.0. The molecule has 0 radical (unpaired) electrons. The van der Waals surface area contributed by atoms with Gasteiger partial charge in [0.2, 0.25) is 5.89 Å². The van der Waals surface area contributed by atoms with E-state index in [1.54, 1.807) is 0 Å². The van der Waals surface area contributed by atoms with Gasteiger partial charge in [0.15, 0.2) is 5.96 Å². The number of hydrogen-bond acceptors (Lipinski definition) is 4. The Morgan fingerprint density at radius 1 is 1.18 bits per heavy atom. The Morgan fingerprint density at radius 3 is 2.50 bits per heavy atom. The molecule has 2 aromatic rings. The van der Waals surface area contributed by atoms with Crippen molar-refractivity contribution in [3.05, 3.63) is 47.2 Å². The molecule has 0 bridgehead atoms. The third-order valence-corrected chi connectivity index (χ3v) is 4.14. The fraction of sp³-hybridized carbons (Fsp3) is 0.524. The number of para-hydroxylation sites is 1. The SMILES string of the molecule is CCNC(=NCc1nc(C)c(C)o1)NCCOc1ccccc1C(C)(C)C.I. The largest absolute Gasteiger partial charge is 0.491 e. The van der Waals surface area contributed by atoms with Crippen molar-refractivity contribution >= 4 is 29.9 Å². The van der Waals surface area contributed by atoms with Crippen LogP contribution < -0.4 is 15.4 Å². The molecule has 0 saturated carbocycles. The van der Waals surface area contributed by atoms with Crippen molar-refractivity contribution in [2.45, 2.75) is 53.5 Å². The van der Waals surface area contributed by atoms with Gasteiger partial charge in [0.25, 0.3) is 0 Å². The molecule has 0 spiro atoms. The molecule has 1 aromatic heterocycles. The first-order chi connectivity index (χ1) is 12.8. The molecule has 2 rings (SSSR count). The first-order valence-electron chi connectivity index (χ1n) is 9.48. The summed E-state index contributed by atoms with van der Waals surface area (Å²) in [6.07, 6.45) is 0. The van der Waals surface area contributed by atoms with Crippen molar-refractivity contribution in [2.75, 3.05) is 19.7 Å². The van der Waals surface area contributed by atoms with Crippen molar-refractivity contribution < 1.29 is 9.15 Å². The Labute approximate surface area is 185 Å². The lowest BCUT2D eigenvalue weighted by atomic mass is 9.86. The first kappa shape index (κ1) is 24.3. The summed E-state index contributed by atoms with van der Waals surface area (Å²) in [5.41, 5.74) is 2.16. The van der Waals surface area contributed by atoms with Crippen molar-refractivity contribution in [1.29, 1.82) is 0 Å². The normalized spacial score (nSPS) is 11.7. The molecule has 0 amide bonds. The second kappa shape index (κ2) is 11.3. The van der Waals surface area contributed by atoms with Crippen LogP contribution in [0.5, 0.6) is 5.75 Å². The van der Waals surface area contributed by atoms with Gasteiger partial charge in [0.1, 0.15) is 24.7 Å². The molecule has 7 heteroatoms. The second-order valence-electron chi connectivity index (χ2n) is 7.47. The van der Waals surface area contributed by atoms with Gasteiger partial charge in [-0.05, 0) is 37.8 Å². The average molecular weight is 500 g/mol. The number of ether oxygens (including phenoxy) is 1. The van der Waals surface area contributed by atoms with Crippen LogP contribution in [0.1, 0.15) is 50.6 Å². The average Bonchev–Trinajstić information content (AvgIpc) is 2.94. The van der Waals surface area contributed by atoms with Gasteiger partial charge in [0, 0.05) is 6.54 Å². The fourth-order valence-electron chi connectivity index (χ4n) is 2.64. The van der Waals surface area contributed by atoms with E-state index in [1.165, 1.54) is 5.56 Å². The molecule has 0 atom stereocenters. The fourth-order valence-corrected chi connectivity index (χ4v) is 2.64. The van der Waals surface area contributed by atoms with E-state index >= 15 is 0 Å². The van der Waals surface area contributed by atoms with E-state index in [0.717, 1.165) is 29.7 Å². The summed E-state index contributed by atoms with van der Waals surface area (Å²) in [4.78, 5) is 8.88. The minimum absolute atomic E-state index is 0. The minimum atomic E-state index is 0. The molecule has 1 heterocycles. The topological polar surface area (TPSA) is 71.7 Å². The molecule has 0 fully saturated rings. The first-order valence-corrected chi connectivity index (χ1v) is 9.48. The maximum Gasteiger partial charge on any atom is 0.216 e. The van der Waals surface area contributed by atoms with Gasteiger partial charge in [-0.25, -0.2) is 9.98 Å². The van der Waals surface area contributed by atoms with Crippen LogP contribution in [0.15, 0.2) is 33.7 Å². The van der Waals surface area contributed by atoms with Crippen LogP contribution in [0.4, 0.5) is 0 Å². The van der Waals surface area contributed by atoms with Crippen molar-refractivity contribution in [1.82, 2.24) is 15.6 Å². The van der Waals surface area contributed by atoms with Gasteiger partial charge in [0.05, 0.1) is 12.2 Å². The molecule has 6 nitrogen and oxygen atoms in total. The van der Waals surface area contributed by atoms with Gasteiger partial charge in [-0.3, -0.25) is 0 Å². The molecule has 0 aliphatic carbocycles. The summed E-state index contributed by atoms with van der Waals surface area (Å²) in [6, 6.07) is 8.19. The molecule has 156 valence electrons. The third kappa shape index (κ3) is 7.33. The van der Waals surface area contributed by atoms with E-state index in [-0.39, 0.29) is 29.4 Å². The number of oxazole rings is 1. The second-order valence-corrected chi connectivity index (χ2v) is 7.47. The number of nitrogens with one attached hydrogen (secondary N) is 2. The molecular weight excluding hydrogens is 467 g/mol. The zero-order valence-electron chi connectivity index (χ0n) is 17.8. The number of aryl methyl sites for hydroxylation is 2. The van der Waals surface area contributed by atoms with Gasteiger partial charge in [-0.2, -0.15) is 0 Å². The van der Waals surface area contributed by atoms with Crippen LogP contribution in [0.2, 0.25) is 0 Å². The van der Waals surface area contributed by atoms with Crippen LogP contribution in [0.25, 0.3) is 0 Å². The summed E-state index contributed by atoms with van der Waals surface area (Å²) in [6.45, 7) is 14.8. The standard InChI is InChI=1S/C21H32N4O2.HI/c1-7-22-20(24-14-19-25-15(2)16(3)27-19)23-12-13-26-18-11-9-8-10-17(18)21(4,5)6;/h8-11H,7,12-14H2,1-6H3,(H2,22,23,24);1H. The van der Waals surface area contributed by atoms with E-state index < -0.39 is 0 Å². The predicted octanol–water partition coefficient (Wildman–Crippen LogP) is 4.34. The molecule has 0 aliphatic heterocycles. The molecule has 0 saturated heterocycles. The highest BCUT2D eigenvalue weighted by Crippen LogP contribution is 2.30. The highest BCUT2D eigenvalue weighted by Gasteiger charge is 2.18. The van der Waals surface area contributed by atoms with E-state index in [4.69, 9.17) is 9.15 Å². The minimum Gasteiger partial charge on any atom is -0.491 e. The van der Waals surface area contributed by atoms with Gasteiger partial charge in [-0.15, -0.1) is 24.0 Å². The number of benzene rings is 1. The molecule has 28 heavy (non-hydrogen) atoms. The van der Waals surface area contributed by atoms with E-state index in [1.807, 2.05) is 39.0 Å². The van der Waals surface area contributed by atoms with Crippen LogP contribution >= 0.6 is 24.0 Å². The van der Waals surface area contributed by atoms with Crippen molar-refractivity contribution in [2.24, 2.45) is 4.99 Å². The van der Waals surface area contributed by atoms with Crippen molar-refractivity contribution in [3.8, 4) is 5.75 Å². The lowest BCUT2D eigenvalue weighted by molar-refractivity contribution is 0.313. The Balaban J connectivity index is 0.00000392. The quantitative estimate of drug-likeness (QED) is 0.256. The molecule has 0 unspecified atom stereocenters. The third-order valence-electron chi connectivity index (χ3n) is 4.14. The zero-order valence-corrected chi connectivity index (χ0v) is 20.1. The summed E-state index contributed by atoms with van der Waals surface area (Å²) in [5, 5.41) is 6.51. The van der Waals surface area contributed by atoms with Crippen LogP contribution in [-0.4, -0.2) is 30.6 Å². The van der Waals surface area contributed by atoms with Gasteiger partial charge >= 0.3 is 0 Å². The monoisotopic (exact) mass is 500 g/mol. The molecule has 2 N–H and O–H groups in total. The molecular formula is C21H33IN4O2. The Morgan fingerprint density at radius 2 is 1.89 bits per heavy atom. The molecule has 0 aliphatic rings. The van der Waals surface area contributed by atoms with E-state index in [2.05, 4.69) is 47.4 Å². The zero-order chi connectivity index (χ0) is 19.9. The van der Waals surface area contributed by atoms with E-state index in [9.17, 15) is 0 Å². The summed E-state index contributed by atoms with van der Waals surface area (Å²) >= 11 is 0. The number of rotatable bonds is 7. The smallest absolute Gasteiger partial charge is 0.216 e. The predicted molar refractivity (Wildman–Crippen MR) is 125 cm³/mol. The van der Waals surface area contributed by atoms with Crippen molar-refractivity contribution in [3.63, 3.8) is 0 Å². The lowest BCUT2D eigenvalue weighted by Crippen LogP contribution is -2.39. The summed E-state index contributed by atoms with van der Waals surface area (Å²) in [5.74, 6) is 3.11. The van der Waals surface area contributed by atoms with Gasteiger partial charge in [-0.1, -0.05) is 39.0 Å². The summed E-state index contributed by atoms with van der Waals surface area (Å²) < 4.78 is 11.6. The molecule has 1 aromatic carbocycles. The van der Waals surface area contributed by atoms with Crippen LogP contribution in [0, 0.1) is 13.8 Å². The number of hydrogen-bond donors (Lipinski definition) is 2. The lowest BCUT2D eigenvalue weighted by Gasteiger charge is -2.22.